The molecule has 2 N–H and O–H groups in total. The largest absolute Gasteiger partial charge is 0.495 e. The Morgan fingerprint density at radius 2 is 1.95 bits per heavy atom. The molecule has 0 bridgehead atoms. The summed E-state index contributed by atoms with van der Waals surface area (Å²) in [6.07, 6.45) is 6.28. The maximum absolute atomic E-state index is 12.7. The summed E-state index contributed by atoms with van der Waals surface area (Å²) in [7, 11) is 3.44. The number of methoxy groups -OCH3 is 1. The maximum Gasteiger partial charge on any atom is 0.227 e. The topological polar surface area (TPSA) is 55.6 Å². The number of benzene rings is 1. The Morgan fingerprint density at radius 1 is 1.29 bits per heavy atom. The molecule has 0 aromatic heterocycles. The van der Waals surface area contributed by atoms with Crippen molar-refractivity contribution in [1.29, 1.82) is 0 Å². The molecule has 1 aliphatic rings. The van der Waals surface area contributed by atoms with Gasteiger partial charge in [-0.15, -0.1) is 0 Å². The van der Waals surface area contributed by atoms with Crippen molar-refractivity contribution in [2.24, 2.45) is 11.1 Å². The molecule has 0 unspecified atom stereocenters. The molecule has 4 nitrogen and oxygen atoms in total. The van der Waals surface area contributed by atoms with E-state index in [0.717, 1.165) is 24.3 Å². The smallest absolute Gasteiger partial charge is 0.227 e. The van der Waals surface area contributed by atoms with Gasteiger partial charge in [-0.3, -0.25) is 4.79 Å². The normalized spacial score (nSPS) is 17.3. The standard InChI is InChI=1S/C17H26N2O2/c1-19(14-8-4-5-9-15(14)21-2)16(20)12-17(13-18)10-6-3-7-11-17/h4-5,8-9H,3,6-7,10-13,18H2,1-2H3. The van der Waals surface area contributed by atoms with Gasteiger partial charge < -0.3 is 15.4 Å². The molecule has 0 saturated heterocycles. The molecule has 116 valence electrons. The van der Waals surface area contributed by atoms with Gasteiger partial charge in [0.15, 0.2) is 0 Å². The van der Waals surface area contributed by atoms with E-state index in [-0.39, 0.29) is 11.3 Å². The van der Waals surface area contributed by atoms with Crippen LogP contribution in [0.15, 0.2) is 24.3 Å². The first-order valence-electron chi connectivity index (χ1n) is 7.71. The van der Waals surface area contributed by atoms with E-state index >= 15 is 0 Å². The van der Waals surface area contributed by atoms with Gasteiger partial charge in [0.1, 0.15) is 5.75 Å². The second-order valence-electron chi connectivity index (χ2n) is 6.07. The highest BCUT2D eigenvalue weighted by Crippen LogP contribution is 2.39. The van der Waals surface area contributed by atoms with Crippen LogP contribution in [-0.2, 0) is 4.79 Å². The average molecular weight is 290 g/mol. The molecule has 0 aliphatic heterocycles. The lowest BCUT2D eigenvalue weighted by Crippen LogP contribution is -2.39. The van der Waals surface area contributed by atoms with Crippen molar-refractivity contribution in [3.63, 3.8) is 0 Å². The van der Waals surface area contributed by atoms with Gasteiger partial charge in [-0.05, 0) is 36.9 Å². The van der Waals surface area contributed by atoms with Crippen LogP contribution in [0.2, 0.25) is 0 Å². The lowest BCUT2D eigenvalue weighted by atomic mass is 9.71. The first-order valence-corrected chi connectivity index (χ1v) is 7.71. The van der Waals surface area contributed by atoms with E-state index in [2.05, 4.69) is 0 Å². The van der Waals surface area contributed by atoms with Gasteiger partial charge in [-0.25, -0.2) is 0 Å². The van der Waals surface area contributed by atoms with Crippen LogP contribution in [-0.4, -0.2) is 26.6 Å². The number of nitrogens with zero attached hydrogens (tertiary/aromatic N) is 1. The van der Waals surface area contributed by atoms with E-state index in [9.17, 15) is 4.79 Å². The molecule has 0 spiro atoms. The summed E-state index contributed by atoms with van der Waals surface area (Å²) in [6.45, 7) is 0.596. The first-order chi connectivity index (χ1) is 10.1. The van der Waals surface area contributed by atoms with E-state index in [4.69, 9.17) is 10.5 Å². The van der Waals surface area contributed by atoms with Crippen LogP contribution in [0, 0.1) is 5.41 Å². The van der Waals surface area contributed by atoms with Crippen LogP contribution in [0.4, 0.5) is 5.69 Å². The van der Waals surface area contributed by atoms with Crippen LogP contribution in [0.1, 0.15) is 38.5 Å². The zero-order valence-electron chi connectivity index (χ0n) is 13.1. The summed E-state index contributed by atoms with van der Waals surface area (Å²) in [6, 6.07) is 7.61. The van der Waals surface area contributed by atoms with Crippen molar-refractivity contribution >= 4 is 11.6 Å². The third-order valence-electron chi connectivity index (χ3n) is 4.69. The number of hydrogen-bond acceptors (Lipinski definition) is 3. The number of anilines is 1. The van der Waals surface area contributed by atoms with Crippen LogP contribution < -0.4 is 15.4 Å². The van der Waals surface area contributed by atoms with Gasteiger partial charge in [0.05, 0.1) is 12.8 Å². The van der Waals surface area contributed by atoms with E-state index in [1.54, 1.807) is 12.0 Å². The Labute approximate surface area is 127 Å². The summed E-state index contributed by atoms with van der Waals surface area (Å²) in [5.74, 6) is 0.839. The Balaban J connectivity index is 2.11. The Morgan fingerprint density at radius 3 is 2.57 bits per heavy atom. The summed E-state index contributed by atoms with van der Waals surface area (Å²) in [5, 5.41) is 0. The number of ether oxygens (including phenoxy) is 1. The van der Waals surface area contributed by atoms with Crippen LogP contribution in [0.25, 0.3) is 0 Å². The fourth-order valence-electron chi connectivity index (χ4n) is 3.24. The van der Waals surface area contributed by atoms with Gasteiger partial charge >= 0.3 is 0 Å². The molecule has 1 saturated carbocycles. The summed E-state index contributed by atoms with van der Waals surface area (Å²) in [4.78, 5) is 14.4. The fraction of sp³-hybridized carbons (Fsp3) is 0.588. The SMILES string of the molecule is COc1ccccc1N(C)C(=O)CC1(CN)CCCCC1. The first kappa shape index (κ1) is 15.8. The number of rotatable bonds is 5. The number of carbonyl (C=O) groups is 1. The Bertz CT molecular complexity index is 481. The molecule has 1 fully saturated rings. The molecular formula is C17H26N2O2. The third kappa shape index (κ3) is 3.56. The molecule has 0 radical (unpaired) electrons. The predicted molar refractivity (Wildman–Crippen MR) is 85.6 cm³/mol. The van der Waals surface area contributed by atoms with Gasteiger partial charge in [0, 0.05) is 13.5 Å². The monoisotopic (exact) mass is 290 g/mol. The fourth-order valence-corrected chi connectivity index (χ4v) is 3.24. The van der Waals surface area contributed by atoms with Crippen molar-refractivity contribution < 1.29 is 9.53 Å². The highest BCUT2D eigenvalue weighted by molar-refractivity contribution is 5.94. The number of para-hydroxylation sites is 2. The maximum atomic E-state index is 12.7. The van der Waals surface area contributed by atoms with Crippen LogP contribution in [0.5, 0.6) is 5.75 Å². The Hall–Kier alpha value is -1.55. The minimum atomic E-state index is -0.00832. The zero-order valence-corrected chi connectivity index (χ0v) is 13.1. The summed E-state index contributed by atoms with van der Waals surface area (Å²) in [5.41, 5.74) is 6.79. The van der Waals surface area contributed by atoms with E-state index in [1.165, 1.54) is 19.3 Å². The van der Waals surface area contributed by atoms with Crippen molar-refractivity contribution in [3.05, 3.63) is 24.3 Å². The van der Waals surface area contributed by atoms with Crippen molar-refractivity contribution in [1.82, 2.24) is 0 Å². The minimum absolute atomic E-state index is 0.00832. The number of amides is 1. The van der Waals surface area contributed by atoms with Gasteiger partial charge in [-0.1, -0.05) is 31.4 Å². The predicted octanol–water partition coefficient (Wildman–Crippen LogP) is 2.96. The van der Waals surface area contributed by atoms with Gasteiger partial charge in [0.2, 0.25) is 5.91 Å². The van der Waals surface area contributed by atoms with Crippen molar-refractivity contribution in [3.8, 4) is 5.75 Å². The van der Waals surface area contributed by atoms with Gasteiger partial charge in [-0.2, -0.15) is 0 Å². The average Bonchev–Trinajstić information content (AvgIpc) is 2.54. The van der Waals surface area contributed by atoms with E-state index in [0.29, 0.717) is 13.0 Å². The molecule has 1 aliphatic carbocycles. The molecule has 1 aromatic carbocycles. The lowest BCUT2D eigenvalue weighted by Gasteiger charge is -2.36. The lowest BCUT2D eigenvalue weighted by molar-refractivity contribution is -0.121. The van der Waals surface area contributed by atoms with Gasteiger partial charge in [0.25, 0.3) is 0 Å². The van der Waals surface area contributed by atoms with Crippen LogP contribution >= 0.6 is 0 Å². The number of nitrogens with two attached hydrogens (primary N) is 1. The quantitative estimate of drug-likeness (QED) is 0.907. The van der Waals surface area contributed by atoms with Crippen LogP contribution in [0.3, 0.4) is 0 Å². The molecule has 4 heteroatoms. The van der Waals surface area contributed by atoms with E-state index in [1.807, 2.05) is 31.3 Å². The molecule has 0 heterocycles. The second-order valence-corrected chi connectivity index (χ2v) is 6.07. The third-order valence-corrected chi connectivity index (χ3v) is 4.69. The number of hydrogen-bond donors (Lipinski definition) is 1. The highest BCUT2D eigenvalue weighted by atomic mass is 16.5. The highest BCUT2D eigenvalue weighted by Gasteiger charge is 2.34. The molecular weight excluding hydrogens is 264 g/mol. The van der Waals surface area contributed by atoms with Crippen molar-refractivity contribution in [2.75, 3.05) is 25.6 Å². The molecule has 21 heavy (non-hydrogen) atoms. The summed E-state index contributed by atoms with van der Waals surface area (Å²) >= 11 is 0. The molecule has 2 rings (SSSR count). The second kappa shape index (κ2) is 6.94. The number of carbonyl (C=O) groups excluding carboxylic acids is 1. The summed E-state index contributed by atoms with van der Waals surface area (Å²) < 4.78 is 5.34. The zero-order chi connectivity index (χ0) is 15.3. The molecule has 1 amide bonds. The Kier molecular flexibility index (Phi) is 5.23. The van der Waals surface area contributed by atoms with E-state index < -0.39 is 0 Å². The molecule has 1 aromatic rings. The molecule has 0 atom stereocenters. The van der Waals surface area contributed by atoms with Crippen molar-refractivity contribution in [2.45, 2.75) is 38.5 Å². The minimum Gasteiger partial charge on any atom is -0.495 e.